The molecule has 0 spiro atoms. The zero-order valence-corrected chi connectivity index (χ0v) is 24.5. The van der Waals surface area contributed by atoms with Crippen LogP contribution < -0.4 is 9.47 Å². The number of allylic oxidation sites excluding steroid dienone is 2. The molecular formula is C26H25BrCl2N2O9. The van der Waals surface area contributed by atoms with Crippen molar-refractivity contribution >= 4 is 68.7 Å². The molecule has 2 saturated heterocycles. The average molecular weight is 660 g/mol. The van der Waals surface area contributed by atoms with Gasteiger partial charge in [-0.05, 0) is 36.5 Å². The molecule has 2 N–H and O–H groups in total. The summed E-state index contributed by atoms with van der Waals surface area (Å²) in [5, 5.41) is 19.7. The summed E-state index contributed by atoms with van der Waals surface area (Å²) in [6.45, 7) is -0.280. The smallest absolute Gasteiger partial charge is 0.305 e. The predicted octanol–water partition coefficient (Wildman–Crippen LogP) is 2.60. The van der Waals surface area contributed by atoms with Gasteiger partial charge in [0, 0.05) is 12.5 Å². The fourth-order valence-corrected chi connectivity index (χ4v) is 8.13. The highest BCUT2D eigenvalue weighted by molar-refractivity contribution is 9.09. The summed E-state index contributed by atoms with van der Waals surface area (Å²) >= 11 is 17.5. The van der Waals surface area contributed by atoms with Crippen LogP contribution in [0.5, 0.6) is 17.2 Å². The number of fused-ring (bicyclic) bond motifs is 4. The Hall–Kier alpha value is -2.83. The molecule has 4 aliphatic rings. The number of nitrogens with zero attached hydrogens (tertiary/aromatic N) is 2. The van der Waals surface area contributed by atoms with E-state index in [1.165, 1.54) is 26.4 Å². The molecule has 40 heavy (non-hydrogen) atoms. The van der Waals surface area contributed by atoms with Gasteiger partial charge in [-0.1, -0.05) is 27.6 Å². The number of alkyl halides is 3. The topological polar surface area (TPSA) is 151 Å². The highest BCUT2D eigenvalue weighted by Crippen LogP contribution is 2.66. The van der Waals surface area contributed by atoms with Crippen LogP contribution in [0.25, 0.3) is 0 Å². The van der Waals surface area contributed by atoms with Crippen LogP contribution in [-0.4, -0.2) is 85.6 Å². The van der Waals surface area contributed by atoms with Gasteiger partial charge >= 0.3 is 5.97 Å². The van der Waals surface area contributed by atoms with Gasteiger partial charge in [0.2, 0.25) is 17.6 Å². The third kappa shape index (κ3) is 3.71. The van der Waals surface area contributed by atoms with Crippen LogP contribution >= 0.6 is 39.1 Å². The largest absolute Gasteiger partial charge is 0.502 e. The lowest BCUT2D eigenvalue weighted by Gasteiger charge is -2.50. The zero-order chi connectivity index (χ0) is 29.3. The third-order valence-electron chi connectivity index (χ3n) is 8.49. The van der Waals surface area contributed by atoms with Crippen molar-refractivity contribution in [2.75, 3.05) is 26.2 Å². The first-order valence-corrected chi connectivity index (χ1v) is 14.3. The van der Waals surface area contributed by atoms with Gasteiger partial charge in [0.05, 0.1) is 37.9 Å². The summed E-state index contributed by atoms with van der Waals surface area (Å²) in [6.07, 6.45) is 1.28. The summed E-state index contributed by atoms with van der Waals surface area (Å²) in [7, 11) is 2.67. The minimum absolute atomic E-state index is 0.0206. The molecule has 214 valence electrons. The first kappa shape index (κ1) is 28.7. The van der Waals surface area contributed by atoms with Crippen molar-refractivity contribution in [3.05, 3.63) is 29.3 Å². The minimum Gasteiger partial charge on any atom is -0.502 e. The number of ether oxygens (including phenoxy) is 2. The van der Waals surface area contributed by atoms with Crippen molar-refractivity contribution in [1.29, 1.82) is 0 Å². The highest BCUT2D eigenvalue weighted by atomic mass is 79.9. The lowest BCUT2D eigenvalue weighted by atomic mass is 9.56. The lowest BCUT2D eigenvalue weighted by Crippen LogP contribution is -2.60. The first-order chi connectivity index (χ1) is 18.9. The lowest BCUT2D eigenvalue weighted by molar-refractivity contribution is -0.143. The van der Waals surface area contributed by atoms with Gasteiger partial charge in [-0.3, -0.25) is 33.8 Å². The number of phenols is 1. The number of benzene rings is 1. The second kappa shape index (κ2) is 9.92. The number of aliphatic carboxylic acids is 1. The van der Waals surface area contributed by atoms with Gasteiger partial charge in [0.25, 0.3) is 11.8 Å². The molecule has 6 atom stereocenters. The summed E-state index contributed by atoms with van der Waals surface area (Å²) in [5.74, 6) is -7.47. The van der Waals surface area contributed by atoms with Crippen molar-refractivity contribution < 1.29 is 43.7 Å². The molecule has 11 nitrogen and oxygen atoms in total. The molecular weight excluding hydrogens is 635 g/mol. The van der Waals surface area contributed by atoms with E-state index in [2.05, 4.69) is 15.9 Å². The molecule has 1 aromatic carbocycles. The number of carbonyl (C=O) groups excluding carboxylic acids is 4. The number of carboxylic acids is 1. The van der Waals surface area contributed by atoms with Gasteiger partial charge in [-0.2, -0.15) is 0 Å². The van der Waals surface area contributed by atoms with Crippen molar-refractivity contribution in [2.24, 2.45) is 17.8 Å². The normalized spacial score (nSPS) is 33.0. The summed E-state index contributed by atoms with van der Waals surface area (Å²) in [5.41, 5.74) is 0.720. The molecule has 1 aromatic rings. The summed E-state index contributed by atoms with van der Waals surface area (Å²) in [6, 6.07) is 2.93. The monoisotopic (exact) mass is 658 g/mol. The molecule has 5 rings (SSSR count). The minimum atomic E-state index is -2.03. The molecule has 6 unspecified atom stereocenters. The number of phenolic OH excluding ortho intramolecular Hbond substituents is 1. The quantitative estimate of drug-likeness (QED) is 0.195. The van der Waals surface area contributed by atoms with Crippen molar-refractivity contribution in [2.45, 2.75) is 34.9 Å². The van der Waals surface area contributed by atoms with Crippen molar-refractivity contribution in [3.63, 3.8) is 0 Å². The van der Waals surface area contributed by atoms with Crippen LogP contribution in [0.3, 0.4) is 0 Å². The van der Waals surface area contributed by atoms with Gasteiger partial charge in [-0.15, -0.1) is 23.2 Å². The van der Waals surface area contributed by atoms with Crippen LogP contribution in [-0.2, 0) is 24.0 Å². The Labute approximate surface area is 247 Å². The Morgan fingerprint density at radius 3 is 2.23 bits per heavy atom. The number of methoxy groups -OCH3 is 2. The molecule has 4 amide bonds. The number of imide groups is 2. The predicted molar refractivity (Wildman–Crippen MR) is 144 cm³/mol. The number of halogens is 3. The van der Waals surface area contributed by atoms with E-state index in [0.717, 1.165) is 9.80 Å². The molecule has 2 heterocycles. The molecule has 1 saturated carbocycles. The van der Waals surface area contributed by atoms with Gasteiger partial charge in [0.15, 0.2) is 21.2 Å². The number of amides is 4. The number of carboxylic acid groups (broad SMARTS) is 1. The SMILES string of the molecule is COc1cc(C2C3=CCC4C(=O)N(CCC(=O)O)C(=O)C4C3CC3(Cl)C(=O)N(CBr)C(=O)C23Cl)cc(OC)c1O. The second-order valence-corrected chi connectivity index (χ2v) is 12.0. The Kier molecular flexibility index (Phi) is 7.11. The molecule has 0 bridgehead atoms. The van der Waals surface area contributed by atoms with Crippen LogP contribution in [0.15, 0.2) is 23.8 Å². The number of hydrogen-bond acceptors (Lipinski definition) is 8. The molecule has 3 fully saturated rings. The van der Waals surface area contributed by atoms with Gasteiger partial charge in [0.1, 0.15) is 0 Å². The molecule has 2 aliphatic heterocycles. The van der Waals surface area contributed by atoms with E-state index in [0.29, 0.717) is 11.1 Å². The standard InChI is InChI=1S/C26H25BrCl2N2O9/c1-39-15-7-11(8-16(40-2)20(15)34)19-12-3-4-13-18(22(36)30(21(13)35)6-5-17(32)33)14(12)9-25(28)23(37)31(10-27)24(38)26(19,25)29/h3,7-8,13-14,18-19,34H,4-6,9-10H2,1-2H3,(H,32,33). The van der Waals surface area contributed by atoms with Gasteiger partial charge < -0.3 is 19.7 Å². The van der Waals surface area contributed by atoms with E-state index in [4.69, 9.17) is 37.8 Å². The maximum Gasteiger partial charge on any atom is 0.305 e. The Balaban J connectivity index is 1.71. The maximum atomic E-state index is 13.8. The van der Waals surface area contributed by atoms with Gasteiger partial charge in [-0.25, -0.2) is 0 Å². The Bertz CT molecular complexity index is 1360. The average Bonchev–Trinajstić information content (AvgIpc) is 3.25. The van der Waals surface area contributed by atoms with Crippen LogP contribution in [0.4, 0.5) is 0 Å². The summed E-state index contributed by atoms with van der Waals surface area (Å²) < 4.78 is 10.7. The van der Waals surface area contributed by atoms with E-state index in [9.17, 15) is 29.1 Å². The fraction of sp³-hybridized carbons (Fsp3) is 0.500. The van der Waals surface area contributed by atoms with Crippen molar-refractivity contribution in [3.8, 4) is 17.2 Å². The van der Waals surface area contributed by atoms with Crippen LogP contribution in [0, 0.1) is 17.8 Å². The zero-order valence-electron chi connectivity index (χ0n) is 21.4. The third-order valence-corrected chi connectivity index (χ3v) is 10.4. The first-order valence-electron chi connectivity index (χ1n) is 12.4. The Morgan fingerprint density at radius 1 is 1.05 bits per heavy atom. The van der Waals surface area contributed by atoms with E-state index in [1.807, 2.05) is 0 Å². The van der Waals surface area contributed by atoms with Crippen LogP contribution in [0.1, 0.15) is 30.7 Å². The molecule has 0 aromatic heterocycles. The number of likely N-dealkylation sites (tertiary alicyclic amines) is 2. The maximum absolute atomic E-state index is 13.8. The molecule has 14 heteroatoms. The van der Waals surface area contributed by atoms with E-state index in [-0.39, 0.29) is 42.1 Å². The number of aromatic hydroxyl groups is 1. The number of carbonyl (C=O) groups is 5. The van der Waals surface area contributed by atoms with Crippen LogP contribution in [0.2, 0.25) is 0 Å². The second-order valence-electron chi connectivity index (χ2n) is 10.2. The Morgan fingerprint density at radius 2 is 1.68 bits per heavy atom. The summed E-state index contributed by atoms with van der Waals surface area (Å²) in [4.78, 5) is 63.3. The highest BCUT2D eigenvalue weighted by Gasteiger charge is 2.76. The van der Waals surface area contributed by atoms with E-state index >= 15 is 0 Å². The molecule has 2 aliphatic carbocycles. The van der Waals surface area contributed by atoms with E-state index in [1.54, 1.807) is 6.08 Å². The fourth-order valence-electron chi connectivity index (χ4n) is 6.70. The number of rotatable bonds is 7. The van der Waals surface area contributed by atoms with E-state index < -0.39 is 69.4 Å². The number of hydrogen-bond donors (Lipinski definition) is 2. The van der Waals surface area contributed by atoms with Crippen molar-refractivity contribution in [1.82, 2.24) is 9.80 Å². The molecule has 0 radical (unpaired) electrons.